The molecule has 54 valence electrons. The predicted molar refractivity (Wildman–Crippen MR) is 44.1 cm³/mol. The van der Waals surface area contributed by atoms with E-state index in [9.17, 15) is 0 Å². The van der Waals surface area contributed by atoms with Crippen LogP contribution in [0.15, 0.2) is 24.3 Å². The summed E-state index contributed by atoms with van der Waals surface area (Å²) < 4.78 is 1.69. The molecule has 1 aliphatic rings. The van der Waals surface area contributed by atoms with E-state index in [1.54, 1.807) is 4.35 Å². The Morgan fingerprint density at radius 3 is 1.80 bits per heavy atom. The Balaban J connectivity index is 0.000000148. The lowest BCUT2D eigenvalue weighted by Crippen LogP contribution is -1.59. The lowest BCUT2D eigenvalue weighted by molar-refractivity contribution is 1.61. The van der Waals surface area contributed by atoms with E-state index in [0.29, 0.717) is 0 Å². The molecule has 10 heavy (non-hydrogen) atoms. The second kappa shape index (κ2) is 3.81. The molecule has 1 aromatic rings. The molecule has 0 amide bonds. The maximum Gasteiger partial charge on any atom is -0.00201 e. The fourth-order valence-corrected chi connectivity index (χ4v) is 0.836. The highest BCUT2D eigenvalue weighted by atomic mass is 35.5. The summed E-state index contributed by atoms with van der Waals surface area (Å²) in [7, 11) is 0. The van der Waals surface area contributed by atoms with E-state index < -0.39 is 0 Å². The molecule has 0 radical (unpaired) electrons. The maximum absolute atomic E-state index is 4.51. The molecule has 0 saturated heterocycles. The second-order valence-corrected chi connectivity index (χ2v) is 2.59. The molecule has 2 rings (SSSR count). The van der Waals surface area contributed by atoms with Crippen LogP contribution in [0.3, 0.4) is 0 Å². The molecule has 0 bridgehead atoms. The van der Waals surface area contributed by atoms with Crippen LogP contribution in [0, 0.1) is 0 Å². The van der Waals surface area contributed by atoms with Crippen molar-refractivity contribution < 1.29 is 0 Å². The standard InChI is InChI=1S/C7H6.Cl2HN/c1-2-4-7-5-6(7)3-1;1-3-2/h1-4H,5H2;3H. The average molecular weight is 176 g/mol. The molecule has 3 heteroatoms. The summed E-state index contributed by atoms with van der Waals surface area (Å²) in [5.74, 6) is 0. The van der Waals surface area contributed by atoms with Crippen molar-refractivity contribution in [1.82, 2.24) is 4.35 Å². The monoisotopic (exact) mass is 175 g/mol. The van der Waals surface area contributed by atoms with Crippen LogP contribution in [0.4, 0.5) is 0 Å². The van der Waals surface area contributed by atoms with Gasteiger partial charge in [-0.3, -0.25) is 0 Å². The number of nitrogens with one attached hydrogen (secondary N) is 1. The maximum atomic E-state index is 4.51. The first-order valence-corrected chi connectivity index (χ1v) is 3.67. The number of halogens is 2. The first-order chi connectivity index (χ1) is 4.88. The van der Waals surface area contributed by atoms with Gasteiger partial charge in [0.2, 0.25) is 0 Å². The first-order valence-electron chi connectivity index (χ1n) is 2.91. The zero-order chi connectivity index (χ0) is 7.40. The van der Waals surface area contributed by atoms with Gasteiger partial charge in [-0.25, -0.2) is 0 Å². The minimum atomic E-state index is 1.24. The zero-order valence-electron chi connectivity index (χ0n) is 5.27. The average Bonchev–Trinajstić information content (AvgIpc) is 2.66. The minimum Gasteiger partial charge on any atom is -0.145 e. The zero-order valence-corrected chi connectivity index (χ0v) is 6.78. The highest BCUT2D eigenvalue weighted by molar-refractivity contribution is 6.33. The van der Waals surface area contributed by atoms with Gasteiger partial charge in [0.25, 0.3) is 0 Å². The molecule has 0 heterocycles. The van der Waals surface area contributed by atoms with Gasteiger partial charge < -0.3 is 0 Å². The Bertz CT molecular complexity index is 192. The van der Waals surface area contributed by atoms with Crippen molar-refractivity contribution in [2.75, 3.05) is 0 Å². The van der Waals surface area contributed by atoms with Crippen molar-refractivity contribution in [2.24, 2.45) is 0 Å². The number of hydrogen-bond donors (Lipinski definition) is 1. The summed E-state index contributed by atoms with van der Waals surface area (Å²) >= 11 is 9.03. The molecule has 0 fully saturated rings. The summed E-state index contributed by atoms with van der Waals surface area (Å²) in [5.41, 5.74) is 3.06. The molecule has 1 N–H and O–H groups in total. The molecule has 0 saturated carbocycles. The predicted octanol–water partition coefficient (Wildman–Crippen LogP) is 2.47. The Kier molecular flexibility index (Phi) is 3.00. The highest BCUT2D eigenvalue weighted by Crippen LogP contribution is 2.25. The molecule has 0 unspecified atom stereocenters. The third-order valence-corrected chi connectivity index (χ3v) is 1.37. The Labute approximate surface area is 70.2 Å². The molecule has 0 spiro atoms. The Morgan fingerprint density at radius 1 is 1.10 bits per heavy atom. The molecule has 1 aliphatic carbocycles. The molecule has 0 atom stereocenters. The van der Waals surface area contributed by atoms with Crippen LogP contribution in [0.25, 0.3) is 0 Å². The van der Waals surface area contributed by atoms with Gasteiger partial charge in [-0.15, -0.1) is 4.35 Å². The van der Waals surface area contributed by atoms with E-state index in [1.165, 1.54) is 17.5 Å². The summed E-state index contributed by atoms with van der Waals surface area (Å²) in [6, 6.07) is 8.53. The van der Waals surface area contributed by atoms with Crippen LogP contribution in [0.1, 0.15) is 11.1 Å². The van der Waals surface area contributed by atoms with Crippen LogP contribution in [0.2, 0.25) is 0 Å². The van der Waals surface area contributed by atoms with Gasteiger partial charge in [-0.2, -0.15) is 0 Å². The van der Waals surface area contributed by atoms with Gasteiger partial charge >= 0.3 is 0 Å². The normalized spacial score (nSPS) is 11.0. The fraction of sp³-hybridized carbons (Fsp3) is 0.143. The van der Waals surface area contributed by atoms with Gasteiger partial charge in [0.1, 0.15) is 0 Å². The summed E-state index contributed by atoms with van der Waals surface area (Å²) in [6.07, 6.45) is 1.24. The van der Waals surface area contributed by atoms with Crippen molar-refractivity contribution >= 4 is 23.6 Å². The van der Waals surface area contributed by atoms with Gasteiger partial charge in [-0.1, -0.05) is 24.3 Å². The van der Waals surface area contributed by atoms with E-state index in [0.717, 1.165) is 0 Å². The van der Waals surface area contributed by atoms with Crippen molar-refractivity contribution in [1.29, 1.82) is 0 Å². The minimum absolute atomic E-state index is 1.24. The fourth-order valence-electron chi connectivity index (χ4n) is 0.836. The third-order valence-electron chi connectivity index (χ3n) is 1.37. The quantitative estimate of drug-likeness (QED) is 0.608. The van der Waals surface area contributed by atoms with Crippen molar-refractivity contribution in [3.63, 3.8) is 0 Å². The van der Waals surface area contributed by atoms with Crippen molar-refractivity contribution in [2.45, 2.75) is 6.42 Å². The lowest BCUT2D eigenvalue weighted by atomic mass is 10.4. The second-order valence-electron chi connectivity index (χ2n) is 2.02. The number of rotatable bonds is 0. The number of benzene rings is 1. The number of hydrogen-bond acceptors (Lipinski definition) is 1. The summed E-state index contributed by atoms with van der Waals surface area (Å²) in [6.45, 7) is 0. The van der Waals surface area contributed by atoms with Crippen molar-refractivity contribution in [3.8, 4) is 0 Å². The Morgan fingerprint density at radius 2 is 1.50 bits per heavy atom. The Hall–Kier alpha value is -0.240. The summed E-state index contributed by atoms with van der Waals surface area (Å²) in [4.78, 5) is 0. The topological polar surface area (TPSA) is 12.0 Å². The number of fused-ring (bicyclic) bond motifs is 1. The molecule has 0 aromatic heterocycles. The lowest BCUT2D eigenvalue weighted by Gasteiger charge is -1.69. The van der Waals surface area contributed by atoms with Crippen LogP contribution in [0.5, 0.6) is 0 Å². The van der Waals surface area contributed by atoms with Crippen molar-refractivity contribution in [3.05, 3.63) is 35.4 Å². The molecule has 1 nitrogen and oxygen atoms in total. The van der Waals surface area contributed by atoms with Crippen LogP contribution < -0.4 is 4.35 Å². The van der Waals surface area contributed by atoms with Gasteiger partial charge in [-0.05, 0) is 41.1 Å². The molecular formula is C7H7Cl2N. The van der Waals surface area contributed by atoms with E-state index in [-0.39, 0.29) is 0 Å². The van der Waals surface area contributed by atoms with Crippen LogP contribution in [-0.4, -0.2) is 0 Å². The molecule has 1 aromatic carbocycles. The van der Waals surface area contributed by atoms with E-state index in [1.807, 2.05) is 0 Å². The van der Waals surface area contributed by atoms with E-state index in [4.69, 9.17) is 0 Å². The highest BCUT2D eigenvalue weighted by Gasteiger charge is 2.12. The van der Waals surface area contributed by atoms with Crippen LogP contribution in [-0.2, 0) is 6.42 Å². The van der Waals surface area contributed by atoms with Gasteiger partial charge in [0.15, 0.2) is 0 Å². The van der Waals surface area contributed by atoms with Crippen LogP contribution >= 0.6 is 23.6 Å². The SMILES string of the molecule is ClNCl.c1ccc2c(c1)C2. The van der Waals surface area contributed by atoms with E-state index in [2.05, 4.69) is 47.8 Å². The summed E-state index contributed by atoms with van der Waals surface area (Å²) in [5, 5.41) is 0. The van der Waals surface area contributed by atoms with Gasteiger partial charge in [0, 0.05) is 0 Å². The molecular weight excluding hydrogens is 169 g/mol. The van der Waals surface area contributed by atoms with E-state index >= 15 is 0 Å². The first kappa shape index (κ1) is 7.86. The van der Waals surface area contributed by atoms with Gasteiger partial charge in [0.05, 0.1) is 0 Å². The molecule has 0 aliphatic heterocycles. The third kappa shape index (κ3) is 2.18. The largest absolute Gasteiger partial charge is 0.145 e. The smallest absolute Gasteiger partial charge is 0.00201 e.